The molecule has 0 bridgehead atoms. The van der Waals surface area contributed by atoms with Gasteiger partial charge in [0.15, 0.2) is 0 Å². The molecule has 7 nitrogen and oxygen atoms in total. The van der Waals surface area contributed by atoms with Gasteiger partial charge in [0, 0.05) is 6.54 Å². The number of aromatic carboxylic acids is 1. The molecule has 1 fully saturated rings. The van der Waals surface area contributed by atoms with E-state index in [9.17, 15) is 14.4 Å². The zero-order valence-electron chi connectivity index (χ0n) is 14.9. The molecule has 0 saturated carbocycles. The van der Waals surface area contributed by atoms with Crippen molar-refractivity contribution in [2.75, 3.05) is 6.54 Å². The maximum atomic E-state index is 12.1. The van der Waals surface area contributed by atoms with E-state index in [0.29, 0.717) is 22.3 Å². The number of rotatable bonds is 6. The first kappa shape index (κ1) is 19.6. The summed E-state index contributed by atoms with van der Waals surface area (Å²) in [5.74, 6) is -0.780. The van der Waals surface area contributed by atoms with Gasteiger partial charge in [0.2, 0.25) is 0 Å². The lowest BCUT2D eigenvalue weighted by Gasteiger charge is -2.10. The van der Waals surface area contributed by atoms with Gasteiger partial charge in [-0.05, 0) is 64.3 Å². The van der Waals surface area contributed by atoms with Crippen LogP contribution in [0, 0.1) is 0 Å². The third-order valence-corrected chi connectivity index (χ3v) is 4.73. The van der Waals surface area contributed by atoms with Crippen LogP contribution >= 0.6 is 15.9 Å². The summed E-state index contributed by atoms with van der Waals surface area (Å²) in [7, 11) is 0. The number of hydrogen-bond donors (Lipinski definition) is 2. The van der Waals surface area contributed by atoms with Crippen LogP contribution in [0.5, 0.6) is 5.75 Å². The van der Waals surface area contributed by atoms with Crippen LogP contribution in [0.3, 0.4) is 0 Å². The van der Waals surface area contributed by atoms with Crippen molar-refractivity contribution in [3.05, 3.63) is 69.3 Å². The number of nitrogens with one attached hydrogen (secondary N) is 1. The number of carboxylic acids is 1. The summed E-state index contributed by atoms with van der Waals surface area (Å²) in [6.07, 6.45) is 1.60. The number of carbonyl (C=O) groups is 3. The fourth-order valence-corrected chi connectivity index (χ4v) is 3.22. The molecule has 1 heterocycles. The fourth-order valence-electron chi connectivity index (χ4n) is 2.70. The van der Waals surface area contributed by atoms with E-state index < -0.39 is 12.0 Å². The highest BCUT2D eigenvalue weighted by Gasteiger charge is 2.31. The van der Waals surface area contributed by atoms with Crippen molar-refractivity contribution in [3.8, 4) is 5.75 Å². The molecule has 0 spiro atoms. The average molecular weight is 445 g/mol. The van der Waals surface area contributed by atoms with E-state index in [-0.39, 0.29) is 23.8 Å². The molecule has 1 aliphatic rings. The molecular weight excluding hydrogens is 428 g/mol. The number of amides is 3. The maximum Gasteiger partial charge on any atom is 0.335 e. The largest absolute Gasteiger partial charge is 0.488 e. The Morgan fingerprint density at radius 2 is 2.04 bits per heavy atom. The molecule has 144 valence electrons. The summed E-state index contributed by atoms with van der Waals surface area (Å²) >= 11 is 3.43. The molecule has 2 N–H and O–H groups in total. The molecule has 0 atom stereocenters. The van der Waals surface area contributed by atoms with Crippen LogP contribution in [0.4, 0.5) is 4.79 Å². The highest BCUT2D eigenvalue weighted by atomic mass is 79.9. The molecule has 0 aromatic heterocycles. The standard InChI is InChI=1S/C20H17BrN2O5/c1-2-23-18(24)16(22-20(23)27)10-12-6-7-17(15(21)9-12)28-11-13-4-3-5-14(8-13)19(25)26/h3-10H,2,11H2,1H3,(H,22,27)(H,25,26). The quantitative estimate of drug-likeness (QED) is 0.523. The Bertz CT molecular complexity index is 986. The van der Waals surface area contributed by atoms with Gasteiger partial charge in [0.05, 0.1) is 10.0 Å². The van der Waals surface area contributed by atoms with E-state index in [0.717, 1.165) is 10.5 Å². The zero-order valence-corrected chi connectivity index (χ0v) is 16.5. The molecule has 0 unspecified atom stereocenters. The number of benzene rings is 2. The lowest BCUT2D eigenvalue weighted by molar-refractivity contribution is -0.122. The summed E-state index contributed by atoms with van der Waals surface area (Å²) < 4.78 is 6.42. The van der Waals surface area contributed by atoms with Crippen LogP contribution in [0.1, 0.15) is 28.4 Å². The molecular formula is C20H17BrN2O5. The number of likely N-dealkylation sites (N-methyl/N-ethyl adjacent to an activating group) is 1. The number of imide groups is 1. The second kappa shape index (κ2) is 8.26. The lowest BCUT2D eigenvalue weighted by Crippen LogP contribution is -2.30. The number of hydrogen-bond acceptors (Lipinski definition) is 4. The minimum absolute atomic E-state index is 0.200. The summed E-state index contributed by atoms with van der Waals surface area (Å²) in [4.78, 5) is 36.0. The molecule has 28 heavy (non-hydrogen) atoms. The fraction of sp³-hybridized carbons (Fsp3) is 0.150. The van der Waals surface area contributed by atoms with E-state index in [2.05, 4.69) is 21.2 Å². The van der Waals surface area contributed by atoms with Gasteiger partial charge in [-0.15, -0.1) is 0 Å². The molecule has 2 aromatic rings. The first-order valence-corrected chi connectivity index (χ1v) is 9.27. The highest BCUT2D eigenvalue weighted by Crippen LogP contribution is 2.28. The van der Waals surface area contributed by atoms with Crippen LogP contribution < -0.4 is 10.1 Å². The Hall–Kier alpha value is -3.13. The molecule has 3 rings (SSSR count). The number of carboxylic acid groups (broad SMARTS) is 1. The molecule has 1 aliphatic heterocycles. The minimum atomic E-state index is -0.990. The Balaban J connectivity index is 1.72. The van der Waals surface area contributed by atoms with Crippen LogP contribution in [-0.2, 0) is 11.4 Å². The second-order valence-electron chi connectivity index (χ2n) is 6.02. The van der Waals surface area contributed by atoms with Gasteiger partial charge in [-0.2, -0.15) is 0 Å². The van der Waals surface area contributed by atoms with Crippen molar-refractivity contribution in [1.82, 2.24) is 10.2 Å². The third-order valence-electron chi connectivity index (χ3n) is 4.11. The van der Waals surface area contributed by atoms with Crippen molar-refractivity contribution < 1.29 is 24.2 Å². The average Bonchev–Trinajstić information content (AvgIpc) is 2.94. The zero-order chi connectivity index (χ0) is 20.3. The Kier molecular flexibility index (Phi) is 5.79. The molecule has 0 radical (unpaired) electrons. The highest BCUT2D eigenvalue weighted by molar-refractivity contribution is 9.10. The topological polar surface area (TPSA) is 95.9 Å². The normalized spacial score (nSPS) is 15.1. The van der Waals surface area contributed by atoms with Crippen molar-refractivity contribution in [2.24, 2.45) is 0 Å². The van der Waals surface area contributed by atoms with Gasteiger partial charge in [-0.1, -0.05) is 18.2 Å². The van der Waals surface area contributed by atoms with Gasteiger partial charge in [0.25, 0.3) is 5.91 Å². The predicted molar refractivity (Wildman–Crippen MR) is 106 cm³/mol. The SMILES string of the molecule is CCN1C(=O)NC(=Cc2ccc(OCc3cccc(C(=O)O)c3)c(Br)c2)C1=O. The van der Waals surface area contributed by atoms with Crippen LogP contribution in [0.25, 0.3) is 6.08 Å². The maximum absolute atomic E-state index is 12.1. The van der Waals surface area contributed by atoms with E-state index in [1.165, 1.54) is 6.07 Å². The van der Waals surface area contributed by atoms with Gasteiger partial charge in [0.1, 0.15) is 18.1 Å². The van der Waals surface area contributed by atoms with Crippen molar-refractivity contribution >= 4 is 39.9 Å². The summed E-state index contributed by atoms with van der Waals surface area (Å²) in [6.45, 7) is 2.25. The first-order valence-electron chi connectivity index (χ1n) is 8.48. The van der Waals surface area contributed by atoms with Crippen LogP contribution in [-0.4, -0.2) is 34.5 Å². The number of nitrogens with zero attached hydrogens (tertiary/aromatic N) is 1. The summed E-state index contributed by atoms with van der Waals surface area (Å²) in [6, 6.07) is 11.4. The lowest BCUT2D eigenvalue weighted by atomic mass is 10.1. The number of ether oxygens (including phenoxy) is 1. The Morgan fingerprint density at radius 3 is 2.68 bits per heavy atom. The summed E-state index contributed by atoms with van der Waals surface area (Å²) in [5, 5.41) is 11.6. The first-order chi connectivity index (χ1) is 13.4. The number of urea groups is 1. The van der Waals surface area contributed by atoms with Crippen molar-refractivity contribution in [2.45, 2.75) is 13.5 Å². The number of halogens is 1. The summed E-state index contributed by atoms with van der Waals surface area (Å²) in [5.41, 5.74) is 1.87. The Morgan fingerprint density at radius 1 is 1.25 bits per heavy atom. The van der Waals surface area contributed by atoms with Gasteiger partial charge >= 0.3 is 12.0 Å². The van der Waals surface area contributed by atoms with Gasteiger partial charge < -0.3 is 15.2 Å². The molecule has 3 amide bonds. The van der Waals surface area contributed by atoms with Crippen molar-refractivity contribution in [3.63, 3.8) is 0 Å². The van der Waals surface area contributed by atoms with E-state index in [4.69, 9.17) is 9.84 Å². The van der Waals surface area contributed by atoms with Gasteiger partial charge in [-0.25, -0.2) is 9.59 Å². The third kappa shape index (κ3) is 4.23. The van der Waals surface area contributed by atoms with E-state index >= 15 is 0 Å². The van der Waals surface area contributed by atoms with Gasteiger partial charge in [-0.3, -0.25) is 9.69 Å². The van der Waals surface area contributed by atoms with Crippen LogP contribution in [0.2, 0.25) is 0 Å². The smallest absolute Gasteiger partial charge is 0.335 e. The second-order valence-corrected chi connectivity index (χ2v) is 6.88. The van der Waals surface area contributed by atoms with E-state index in [1.807, 2.05) is 0 Å². The van der Waals surface area contributed by atoms with Crippen LogP contribution in [0.15, 0.2) is 52.6 Å². The number of carbonyl (C=O) groups excluding carboxylic acids is 2. The van der Waals surface area contributed by atoms with E-state index in [1.54, 1.807) is 49.4 Å². The minimum Gasteiger partial charge on any atom is -0.488 e. The Labute approximate surface area is 169 Å². The molecule has 2 aromatic carbocycles. The van der Waals surface area contributed by atoms with Crippen molar-refractivity contribution in [1.29, 1.82) is 0 Å². The molecule has 0 aliphatic carbocycles. The molecule has 8 heteroatoms. The molecule has 1 saturated heterocycles. The predicted octanol–water partition coefficient (Wildman–Crippen LogP) is 3.64. The monoisotopic (exact) mass is 444 g/mol.